The van der Waals surface area contributed by atoms with Gasteiger partial charge < -0.3 is 24.4 Å². The van der Waals surface area contributed by atoms with Crippen molar-refractivity contribution in [2.45, 2.75) is 19.0 Å². The smallest absolute Gasteiger partial charge is 0.325 e. The molecule has 0 radical (unpaired) electrons. The molecule has 1 saturated heterocycles. The van der Waals surface area contributed by atoms with E-state index < -0.39 is 18.0 Å². The van der Waals surface area contributed by atoms with Gasteiger partial charge in [-0.05, 0) is 24.3 Å². The third kappa shape index (κ3) is 4.35. The molecule has 2 N–H and O–H groups in total. The van der Waals surface area contributed by atoms with E-state index in [1.165, 1.54) is 0 Å². The molecular weight excluding hydrogens is 414 g/mol. The van der Waals surface area contributed by atoms with E-state index in [4.69, 9.17) is 9.84 Å². The number of nitrogens with zero attached hydrogens (tertiary/aromatic N) is 5. The van der Waals surface area contributed by atoms with E-state index in [0.717, 1.165) is 10.9 Å². The molecule has 10 heteroatoms. The second-order valence-electron chi connectivity index (χ2n) is 7.62. The van der Waals surface area contributed by atoms with Gasteiger partial charge in [-0.1, -0.05) is 0 Å². The van der Waals surface area contributed by atoms with Crippen LogP contribution in [0.5, 0.6) is 5.75 Å². The molecule has 10 nitrogen and oxygen atoms in total. The van der Waals surface area contributed by atoms with Crippen molar-refractivity contribution in [2.75, 3.05) is 38.2 Å². The Balaban J connectivity index is 1.65. The van der Waals surface area contributed by atoms with Crippen LogP contribution in [0.2, 0.25) is 0 Å². The zero-order valence-electron chi connectivity index (χ0n) is 17.7. The van der Waals surface area contributed by atoms with Crippen LogP contribution in [0, 0.1) is 0 Å². The van der Waals surface area contributed by atoms with Gasteiger partial charge in [-0.25, -0.2) is 9.97 Å². The number of ether oxygens (including phenoxy) is 1. The highest BCUT2D eigenvalue weighted by Gasteiger charge is 2.33. The zero-order chi connectivity index (χ0) is 22.7. The van der Waals surface area contributed by atoms with E-state index in [1.54, 1.807) is 37.8 Å². The molecule has 4 rings (SSSR count). The minimum Gasteiger partial charge on any atom is -0.497 e. The fourth-order valence-corrected chi connectivity index (χ4v) is 4.17. The van der Waals surface area contributed by atoms with Crippen LogP contribution in [0.1, 0.15) is 18.0 Å². The van der Waals surface area contributed by atoms with Gasteiger partial charge in [0.2, 0.25) is 5.95 Å². The largest absolute Gasteiger partial charge is 0.497 e. The Morgan fingerprint density at radius 3 is 2.47 bits per heavy atom. The molecule has 0 bridgehead atoms. The quantitative estimate of drug-likeness (QED) is 0.542. The number of methoxy groups -OCH3 is 1. The normalized spacial score (nSPS) is 15.6. The van der Waals surface area contributed by atoms with Crippen molar-refractivity contribution in [3.05, 3.63) is 48.4 Å². The maximum Gasteiger partial charge on any atom is 0.325 e. The molecule has 1 atom stereocenters. The van der Waals surface area contributed by atoms with E-state index in [9.17, 15) is 14.7 Å². The standard InChI is InChI=1S/C22H25N5O5/c1-32-15-3-4-18-16(13-15)17(14-27(18)8-5-19(28)29)20(21(30)31)25-9-11-26(12-10-25)22-23-6-2-7-24-22/h2-4,6-7,13-14,20H,5,8-12H2,1H3,(H,28,29)(H,30,31)/t20-/m1/s1. The van der Waals surface area contributed by atoms with E-state index in [-0.39, 0.29) is 13.0 Å². The highest BCUT2D eigenvalue weighted by atomic mass is 16.5. The summed E-state index contributed by atoms with van der Waals surface area (Å²) in [6.45, 7) is 2.52. The maximum atomic E-state index is 12.4. The summed E-state index contributed by atoms with van der Waals surface area (Å²) in [6.07, 6.45) is 5.09. The number of hydrogen-bond acceptors (Lipinski definition) is 7. The number of carboxylic acids is 2. The second-order valence-corrected chi connectivity index (χ2v) is 7.62. The summed E-state index contributed by atoms with van der Waals surface area (Å²) >= 11 is 0. The van der Waals surface area contributed by atoms with Crippen molar-refractivity contribution >= 4 is 28.8 Å². The predicted molar refractivity (Wildman–Crippen MR) is 117 cm³/mol. The lowest BCUT2D eigenvalue weighted by Gasteiger charge is -2.37. The van der Waals surface area contributed by atoms with Crippen molar-refractivity contribution in [3.63, 3.8) is 0 Å². The van der Waals surface area contributed by atoms with Crippen molar-refractivity contribution in [1.29, 1.82) is 0 Å². The van der Waals surface area contributed by atoms with Crippen LogP contribution in [0.25, 0.3) is 10.9 Å². The number of aromatic nitrogens is 3. The van der Waals surface area contributed by atoms with E-state index >= 15 is 0 Å². The summed E-state index contributed by atoms with van der Waals surface area (Å²) in [6, 6.07) is 6.33. The number of aryl methyl sites for hydroxylation is 1. The Bertz CT molecular complexity index is 1110. The summed E-state index contributed by atoms with van der Waals surface area (Å²) in [4.78, 5) is 36.0. The number of carbonyl (C=O) groups is 2. The van der Waals surface area contributed by atoms with Crippen LogP contribution in [0.15, 0.2) is 42.9 Å². The van der Waals surface area contributed by atoms with Gasteiger partial charge in [0, 0.05) is 67.8 Å². The van der Waals surface area contributed by atoms with Crippen LogP contribution >= 0.6 is 0 Å². The lowest BCUT2D eigenvalue weighted by atomic mass is 10.0. The lowest BCUT2D eigenvalue weighted by molar-refractivity contribution is -0.143. The number of fused-ring (bicyclic) bond motifs is 1. The van der Waals surface area contributed by atoms with Crippen LogP contribution < -0.4 is 9.64 Å². The molecule has 0 saturated carbocycles. The third-order valence-corrected chi connectivity index (χ3v) is 5.73. The summed E-state index contributed by atoms with van der Waals surface area (Å²) in [7, 11) is 1.56. The average molecular weight is 439 g/mol. The first-order valence-corrected chi connectivity index (χ1v) is 10.4. The minimum atomic E-state index is -0.950. The van der Waals surface area contributed by atoms with Crippen LogP contribution in [0.3, 0.4) is 0 Å². The molecule has 1 aliphatic rings. The van der Waals surface area contributed by atoms with Crippen molar-refractivity contribution in [1.82, 2.24) is 19.4 Å². The fraction of sp³-hybridized carbons (Fsp3) is 0.364. The van der Waals surface area contributed by atoms with Gasteiger partial charge in [0.15, 0.2) is 0 Å². The molecule has 0 spiro atoms. The molecule has 3 aromatic rings. The predicted octanol–water partition coefficient (Wildman–Crippen LogP) is 1.86. The van der Waals surface area contributed by atoms with Gasteiger partial charge in [0.05, 0.1) is 13.5 Å². The van der Waals surface area contributed by atoms with E-state index in [1.807, 2.05) is 26.5 Å². The Morgan fingerprint density at radius 2 is 1.84 bits per heavy atom. The molecule has 2 aromatic heterocycles. The van der Waals surface area contributed by atoms with Gasteiger partial charge in [0.1, 0.15) is 11.8 Å². The van der Waals surface area contributed by atoms with Gasteiger partial charge in [-0.3, -0.25) is 14.5 Å². The Kier molecular flexibility index (Phi) is 6.22. The van der Waals surface area contributed by atoms with Crippen molar-refractivity contribution in [2.24, 2.45) is 0 Å². The molecule has 0 unspecified atom stereocenters. The van der Waals surface area contributed by atoms with E-state index in [0.29, 0.717) is 43.4 Å². The van der Waals surface area contributed by atoms with Gasteiger partial charge in [-0.2, -0.15) is 0 Å². The van der Waals surface area contributed by atoms with E-state index in [2.05, 4.69) is 9.97 Å². The first-order valence-electron chi connectivity index (χ1n) is 10.4. The monoisotopic (exact) mass is 439 g/mol. The van der Waals surface area contributed by atoms with Crippen LogP contribution in [-0.2, 0) is 16.1 Å². The SMILES string of the molecule is COc1ccc2c(c1)c([C@H](C(=O)O)N1CCN(c3ncccn3)CC1)cn2CCC(=O)O. The number of carboxylic acid groups (broad SMARTS) is 2. The van der Waals surface area contributed by atoms with Gasteiger partial charge in [-0.15, -0.1) is 0 Å². The molecule has 1 fully saturated rings. The van der Waals surface area contributed by atoms with Crippen molar-refractivity contribution < 1.29 is 24.5 Å². The second kappa shape index (κ2) is 9.23. The zero-order valence-corrected chi connectivity index (χ0v) is 17.7. The number of hydrogen-bond donors (Lipinski definition) is 2. The van der Waals surface area contributed by atoms with Crippen LogP contribution in [-0.4, -0.2) is 74.9 Å². The minimum absolute atomic E-state index is 0.0528. The Hall–Kier alpha value is -3.66. The lowest BCUT2D eigenvalue weighted by Crippen LogP contribution is -2.49. The van der Waals surface area contributed by atoms with Crippen molar-refractivity contribution in [3.8, 4) is 5.75 Å². The molecule has 3 heterocycles. The molecule has 0 aliphatic carbocycles. The third-order valence-electron chi connectivity index (χ3n) is 5.73. The maximum absolute atomic E-state index is 12.4. The first-order chi connectivity index (χ1) is 15.5. The number of piperazine rings is 1. The summed E-state index contributed by atoms with van der Waals surface area (Å²) in [5.41, 5.74) is 1.41. The average Bonchev–Trinajstić information content (AvgIpc) is 3.16. The topological polar surface area (TPSA) is 121 Å². The van der Waals surface area contributed by atoms with Crippen LogP contribution in [0.4, 0.5) is 5.95 Å². The number of aliphatic carboxylic acids is 2. The van der Waals surface area contributed by atoms with Gasteiger partial charge >= 0.3 is 11.9 Å². The number of benzene rings is 1. The highest BCUT2D eigenvalue weighted by Crippen LogP contribution is 2.34. The Labute approximate surface area is 184 Å². The summed E-state index contributed by atoms with van der Waals surface area (Å²) < 4.78 is 7.16. The highest BCUT2D eigenvalue weighted by molar-refractivity contribution is 5.90. The fourth-order valence-electron chi connectivity index (χ4n) is 4.17. The summed E-state index contributed by atoms with van der Waals surface area (Å²) in [5.74, 6) is -0.607. The molecule has 0 amide bonds. The molecular formula is C22H25N5O5. The number of anilines is 1. The molecule has 1 aromatic carbocycles. The summed E-state index contributed by atoms with van der Waals surface area (Å²) in [5, 5.41) is 20.0. The number of rotatable bonds is 8. The molecule has 1 aliphatic heterocycles. The molecule has 168 valence electrons. The Morgan fingerprint density at radius 1 is 1.12 bits per heavy atom. The molecule has 32 heavy (non-hydrogen) atoms. The first kappa shape index (κ1) is 21.6. The van der Waals surface area contributed by atoms with Gasteiger partial charge in [0.25, 0.3) is 0 Å².